The number of rotatable bonds is 10. The fraction of sp³-hybridized carbons (Fsp3) is 0.345. The van der Waals surface area contributed by atoms with Crippen molar-refractivity contribution in [2.45, 2.75) is 52.1 Å². The van der Waals surface area contributed by atoms with E-state index >= 15 is 0 Å². The van der Waals surface area contributed by atoms with Crippen molar-refractivity contribution in [2.75, 3.05) is 18.0 Å². The van der Waals surface area contributed by atoms with Crippen LogP contribution < -0.4 is 10.2 Å². The monoisotopic (exact) mass is 471 g/mol. The Morgan fingerprint density at radius 3 is 2.34 bits per heavy atom. The van der Waals surface area contributed by atoms with E-state index in [1.807, 2.05) is 81.4 Å². The van der Waals surface area contributed by atoms with E-state index in [1.165, 1.54) is 0 Å². The van der Waals surface area contributed by atoms with Crippen LogP contribution in [0.4, 0.5) is 5.69 Å². The third kappa shape index (κ3) is 5.06. The highest BCUT2D eigenvalue weighted by atomic mass is 16.2. The van der Waals surface area contributed by atoms with Gasteiger partial charge < -0.3 is 10.2 Å². The summed E-state index contributed by atoms with van der Waals surface area (Å²) >= 11 is 0. The number of benzene rings is 3. The zero-order valence-corrected chi connectivity index (χ0v) is 20.7. The predicted molar refractivity (Wildman–Crippen MR) is 139 cm³/mol. The van der Waals surface area contributed by atoms with Crippen molar-refractivity contribution >= 4 is 34.2 Å². The normalized spacial score (nSPS) is 14.1. The molecule has 1 aliphatic heterocycles. The molecule has 4 rings (SSSR count). The molecule has 1 aliphatic rings. The predicted octanol–water partition coefficient (Wildman–Crippen LogP) is 4.56. The molecule has 0 bridgehead atoms. The van der Waals surface area contributed by atoms with Crippen molar-refractivity contribution in [2.24, 2.45) is 0 Å². The maximum Gasteiger partial charge on any atom is 0.259 e. The smallest absolute Gasteiger partial charge is 0.259 e. The van der Waals surface area contributed by atoms with E-state index in [2.05, 4.69) is 5.32 Å². The summed E-state index contributed by atoms with van der Waals surface area (Å²) in [6.07, 6.45) is 1.93. The number of nitrogens with zero attached hydrogens (tertiary/aromatic N) is 2. The molecule has 3 aromatic rings. The molecule has 0 saturated carbocycles. The van der Waals surface area contributed by atoms with Crippen LogP contribution in [-0.4, -0.2) is 47.8 Å². The van der Waals surface area contributed by atoms with Gasteiger partial charge in [-0.25, -0.2) is 0 Å². The van der Waals surface area contributed by atoms with Gasteiger partial charge in [0, 0.05) is 23.5 Å². The zero-order chi connectivity index (χ0) is 24.9. The molecule has 0 radical (unpaired) electrons. The number of carbonyl (C=O) groups excluding carboxylic acids is 3. The molecule has 0 fully saturated rings. The van der Waals surface area contributed by atoms with Gasteiger partial charge in [-0.15, -0.1) is 0 Å². The summed E-state index contributed by atoms with van der Waals surface area (Å²) in [5.41, 5.74) is 2.46. The number of carbonyl (C=O) groups is 3. The Kier molecular flexibility index (Phi) is 7.49. The molecule has 0 aliphatic carbocycles. The molecule has 182 valence electrons. The Bertz CT molecular complexity index is 1220. The minimum absolute atomic E-state index is 0.0230. The zero-order valence-electron chi connectivity index (χ0n) is 20.7. The van der Waals surface area contributed by atoms with Gasteiger partial charge in [0.15, 0.2) is 0 Å². The fourth-order valence-corrected chi connectivity index (χ4v) is 4.70. The van der Waals surface area contributed by atoms with Crippen LogP contribution in [0.3, 0.4) is 0 Å². The second kappa shape index (κ2) is 10.7. The minimum Gasteiger partial charge on any atom is -0.352 e. The lowest BCUT2D eigenvalue weighted by Gasteiger charge is -2.32. The van der Waals surface area contributed by atoms with Crippen LogP contribution in [0, 0.1) is 0 Å². The molecule has 1 heterocycles. The van der Waals surface area contributed by atoms with Crippen LogP contribution in [0.15, 0.2) is 66.7 Å². The van der Waals surface area contributed by atoms with Crippen LogP contribution in [-0.2, 0) is 16.0 Å². The maximum absolute atomic E-state index is 13.7. The molecule has 6 heteroatoms. The van der Waals surface area contributed by atoms with Gasteiger partial charge in [-0.05, 0) is 49.3 Å². The molecule has 35 heavy (non-hydrogen) atoms. The standard InChI is InChI=1S/C29H33N3O3/c1-4-20(3)30-28(34)24(5-2)31(18-17-21-11-7-6-8-12-21)26(33)19-32-25-16-10-14-22-13-9-15-23(27(22)25)29(32)35/h6-16,20,24H,4-5,17-19H2,1-3H3,(H,30,34)/t20-,24-/m1/s1. The van der Waals surface area contributed by atoms with Crippen molar-refractivity contribution in [3.8, 4) is 0 Å². The molecule has 0 saturated heterocycles. The fourth-order valence-electron chi connectivity index (χ4n) is 4.70. The lowest BCUT2D eigenvalue weighted by Crippen LogP contribution is -2.54. The van der Waals surface area contributed by atoms with Crippen LogP contribution >= 0.6 is 0 Å². The average Bonchev–Trinajstić information content (AvgIpc) is 3.14. The molecular weight excluding hydrogens is 438 g/mol. The van der Waals surface area contributed by atoms with E-state index in [1.54, 1.807) is 15.9 Å². The molecule has 1 N–H and O–H groups in total. The van der Waals surface area contributed by atoms with E-state index < -0.39 is 6.04 Å². The number of hydrogen-bond acceptors (Lipinski definition) is 3. The van der Waals surface area contributed by atoms with Gasteiger partial charge in [0.2, 0.25) is 11.8 Å². The highest BCUT2D eigenvalue weighted by Crippen LogP contribution is 2.37. The number of hydrogen-bond donors (Lipinski definition) is 1. The lowest BCUT2D eigenvalue weighted by molar-refractivity contribution is -0.139. The summed E-state index contributed by atoms with van der Waals surface area (Å²) in [6, 6.07) is 20.7. The van der Waals surface area contributed by atoms with Crippen molar-refractivity contribution in [1.29, 1.82) is 0 Å². The van der Waals surface area contributed by atoms with E-state index in [9.17, 15) is 14.4 Å². The van der Waals surface area contributed by atoms with Crippen molar-refractivity contribution in [1.82, 2.24) is 10.2 Å². The Hall–Kier alpha value is -3.67. The van der Waals surface area contributed by atoms with E-state index in [4.69, 9.17) is 0 Å². The summed E-state index contributed by atoms with van der Waals surface area (Å²) in [5.74, 6) is -0.558. The van der Waals surface area contributed by atoms with Gasteiger partial charge in [0.1, 0.15) is 12.6 Å². The first-order valence-electron chi connectivity index (χ1n) is 12.4. The molecular formula is C29H33N3O3. The Morgan fingerprint density at radius 1 is 0.943 bits per heavy atom. The lowest BCUT2D eigenvalue weighted by atomic mass is 10.1. The molecule has 0 aromatic heterocycles. The molecule has 6 nitrogen and oxygen atoms in total. The van der Waals surface area contributed by atoms with Gasteiger partial charge in [0.05, 0.1) is 5.69 Å². The third-order valence-electron chi connectivity index (χ3n) is 6.81. The van der Waals surface area contributed by atoms with Gasteiger partial charge in [-0.1, -0.05) is 68.4 Å². The van der Waals surface area contributed by atoms with Crippen LogP contribution in [0.25, 0.3) is 10.8 Å². The second-order valence-corrected chi connectivity index (χ2v) is 9.14. The Balaban J connectivity index is 1.60. The minimum atomic E-state index is -0.601. The van der Waals surface area contributed by atoms with Gasteiger partial charge >= 0.3 is 0 Å². The van der Waals surface area contributed by atoms with Crippen molar-refractivity contribution < 1.29 is 14.4 Å². The largest absolute Gasteiger partial charge is 0.352 e. The summed E-state index contributed by atoms with van der Waals surface area (Å²) in [4.78, 5) is 43.4. The molecule has 3 amide bonds. The summed E-state index contributed by atoms with van der Waals surface area (Å²) in [6.45, 7) is 6.19. The molecule has 0 spiro atoms. The Labute approximate surface area is 206 Å². The van der Waals surface area contributed by atoms with Gasteiger partial charge in [-0.3, -0.25) is 19.3 Å². The first kappa shape index (κ1) is 24.5. The SMILES string of the molecule is CC[C@@H](C)NC(=O)[C@@H](CC)N(CCc1ccccc1)C(=O)CN1C(=O)c2cccc3cccc1c23. The first-order chi connectivity index (χ1) is 16.9. The molecule has 2 atom stereocenters. The highest BCUT2D eigenvalue weighted by molar-refractivity contribution is 6.26. The van der Waals surface area contributed by atoms with Crippen LogP contribution in [0.1, 0.15) is 49.5 Å². The summed E-state index contributed by atoms with van der Waals surface area (Å²) in [5, 5.41) is 4.89. The molecule has 0 unspecified atom stereocenters. The highest BCUT2D eigenvalue weighted by Gasteiger charge is 2.35. The van der Waals surface area contributed by atoms with Gasteiger partial charge in [-0.2, -0.15) is 0 Å². The van der Waals surface area contributed by atoms with Crippen molar-refractivity contribution in [3.63, 3.8) is 0 Å². The first-order valence-corrected chi connectivity index (χ1v) is 12.4. The van der Waals surface area contributed by atoms with Gasteiger partial charge in [0.25, 0.3) is 5.91 Å². The van der Waals surface area contributed by atoms with E-state index in [0.29, 0.717) is 24.9 Å². The number of anilines is 1. The average molecular weight is 472 g/mol. The molecule has 3 aromatic carbocycles. The van der Waals surface area contributed by atoms with Crippen LogP contribution in [0.5, 0.6) is 0 Å². The van der Waals surface area contributed by atoms with E-state index in [-0.39, 0.29) is 30.3 Å². The third-order valence-corrected chi connectivity index (χ3v) is 6.81. The van der Waals surface area contributed by atoms with Crippen LogP contribution in [0.2, 0.25) is 0 Å². The summed E-state index contributed by atoms with van der Waals surface area (Å²) < 4.78 is 0. The second-order valence-electron chi connectivity index (χ2n) is 9.14. The van der Waals surface area contributed by atoms with Crippen molar-refractivity contribution in [3.05, 3.63) is 77.9 Å². The Morgan fingerprint density at radius 2 is 1.66 bits per heavy atom. The number of nitrogens with one attached hydrogen (secondary N) is 1. The summed E-state index contributed by atoms with van der Waals surface area (Å²) in [7, 11) is 0. The quantitative estimate of drug-likeness (QED) is 0.471. The number of amides is 3. The van der Waals surface area contributed by atoms with E-state index in [0.717, 1.165) is 28.4 Å². The maximum atomic E-state index is 13.7. The topological polar surface area (TPSA) is 69.7 Å².